The summed E-state index contributed by atoms with van der Waals surface area (Å²) in [5.74, 6) is 1.61. The molecule has 4 heteroatoms. The van der Waals surface area contributed by atoms with Gasteiger partial charge in [-0.2, -0.15) is 0 Å². The highest BCUT2D eigenvalue weighted by Crippen LogP contribution is 2.53. The van der Waals surface area contributed by atoms with Gasteiger partial charge in [0, 0.05) is 16.5 Å². The minimum atomic E-state index is 0.0655. The third-order valence-electron chi connectivity index (χ3n) is 6.17. The first kappa shape index (κ1) is 13.6. The van der Waals surface area contributed by atoms with Gasteiger partial charge in [0.15, 0.2) is 0 Å². The van der Waals surface area contributed by atoms with Crippen LogP contribution in [0.5, 0.6) is 0 Å². The zero-order valence-electron chi connectivity index (χ0n) is 13.5. The van der Waals surface area contributed by atoms with Gasteiger partial charge in [-0.05, 0) is 75.9 Å². The van der Waals surface area contributed by atoms with Crippen molar-refractivity contribution in [3.05, 3.63) is 35.6 Å². The second kappa shape index (κ2) is 4.60. The summed E-state index contributed by atoms with van der Waals surface area (Å²) in [6, 6.07) is 8.05. The number of hydrogen-bond donors (Lipinski definition) is 1. The minimum Gasteiger partial charge on any atom is -0.461 e. The molecule has 4 nitrogen and oxygen atoms in total. The van der Waals surface area contributed by atoms with Crippen LogP contribution in [-0.4, -0.2) is 35.5 Å². The third-order valence-corrected chi connectivity index (χ3v) is 6.17. The average molecular weight is 310 g/mol. The van der Waals surface area contributed by atoms with Crippen molar-refractivity contribution in [2.45, 2.75) is 44.2 Å². The van der Waals surface area contributed by atoms with E-state index in [2.05, 4.69) is 10.2 Å². The van der Waals surface area contributed by atoms with E-state index >= 15 is 0 Å². The van der Waals surface area contributed by atoms with Crippen LogP contribution in [0.25, 0.3) is 11.0 Å². The van der Waals surface area contributed by atoms with Gasteiger partial charge in [-0.1, -0.05) is 0 Å². The van der Waals surface area contributed by atoms with Gasteiger partial charge in [-0.3, -0.25) is 9.69 Å². The summed E-state index contributed by atoms with van der Waals surface area (Å²) in [5.41, 5.74) is 1.87. The lowest BCUT2D eigenvalue weighted by Crippen LogP contribution is -2.65. The summed E-state index contributed by atoms with van der Waals surface area (Å²) in [5, 5.41) is 4.38. The molecule has 1 aliphatic carbocycles. The van der Waals surface area contributed by atoms with Crippen LogP contribution in [0.3, 0.4) is 0 Å². The van der Waals surface area contributed by atoms with Crippen LogP contribution in [0, 0.1) is 12.8 Å². The van der Waals surface area contributed by atoms with Crippen molar-refractivity contribution in [2.24, 2.45) is 5.92 Å². The molecule has 1 amide bonds. The molecule has 0 radical (unpaired) electrons. The first-order chi connectivity index (χ1) is 11.2. The van der Waals surface area contributed by atoms with Crippen molar-refractivity contribution in [3.63, 3.8) is 0 Å². The fourth-order valence-corrected chi connectivity index (χ4v) is 4.86. The molecule has 3 saturated heterocycles. The van der Waals surface area contributed by atoms with Crippen molar-refractivity contribution in [1.29, 1.82) is 0 Å². The lowest BCUT2D eigenvalue weighted by Gasteiger charge is -2.52. The molecule has 4 fully saturated rings. The Balaban J connectivity index is 1.42. The SMILES string of the molecule is Cc1cc2cc(C(=O)NC3C4CCN(CC4)C34CC4)ccc2o1. The molecule has 4 aliphatic rings. The molecule has 120 valence electrons. The second-order valence-electron chi connectivity index (χ2n) is 7.49. The lowest BCUT2D eigenvalue weighted by molar-refractivity contribution is -0.00144. The van der Waals surface area contributed by atoms with Gasteiger partial charge in [0.05, 0.1) is 6.04 Å². The van der Waals surface area contributed by atoms with Crippen molar-refractivity contribution >= 4 is 16.9 Å². The van der Waals surface area contributed by atoms with Crippen molar-refractivity contribution in [1.82, 2.24) is 10.2 Å². The first-order valence-corrected chi connectivity index (χ1v) is 8.72. The molecule has 1 saturated carbocycles. The van der Waals surface area contributed by atoms with Gasteiger partial charge in [0.1, 0.15) is 11.3 Å². The van der Waals surface area contributed by atoms with Crippen LogP contribution in [0.1, 0.15) is 41.8 Å². The van der Waals surface area contributed by atoms with Gasteiger partial charge < -0.3 is 9.73 Å². The summed E-state index contributed by atoms with van der Waals surface area (Å²) in [7, 11) is 0. The molecule has 2 bridgehead atoms. The van der Waals surface area contributed by atoms with E-state index in [1.807, 2.05) is 31.2 Å². The largest absolute Gasteiger partial charge is 0.461 e. The molecule has 1 aromatic carbocycles. The number of furan rings is 1. The third kappa shape index (κ3) is 1.97. The lowest BCUT2D eigenvalue weighted by atomic mass is 9.77. The van der Waals surface area contributed by atoms with Gasteiger partial charge >= 0.3 is 0 Å². The molecular weight excluding hydrogens is 288 g/mol. The number of carbonyl (C=O) groups is 1. The van der Waals surface area contributed by atoms with Gasteiger partial charge in [0.2, 0.25) is 0 Å². The Kier molecular flexibility index (Phi) is 2.72. The average Bonchev–Trinajstić information content (AvgIpc) is 3.24. The van der Waals surface area contributed by atoms with Crippen LogP contribution in [0.15, 0.2) is 28.7 Å². The van der Waals surface area contributed by atoms with E-state index in [-0.39, 0.29) is 11.4 Å². The summed E-state index contributed by atoms with van der Waals surface area (Å²) in [6.45, 7) is 4.37. The van der Waals surface area contributed by atoms with Crippen LogP contribution in [0.4, 0.5) is 0 Å². The van der Waals surface area contributed by atoms with Gasteiger partial charge in [-0.15, -0.1) is 0 Å². The monoisotopic (exact) mass is 310 g/mol. The molecule has 2 aromatic rings. The molecule has 6 rings (SSSR count). The number of rotatable bonds is 2. The Hall–Kier alpha value is -1.81. The summed E-state index contributed by atoms with van der Waals surface area (Å²) < 4.78 is 5.60. The van der Waals surface area contributed by atoms with Crippen LogP contribution < -0.4 is 5.32 Å². The Morgan fingerprint density at radius 3 is 2.78 bits per heavy atom. The highest BCUT2D eigenvalue weighted by molar-refractivity contribution is 5.98. The summed E-state index contributed by atoms with van der Waals surface area (Å²) >= 11 is 0. The number of piperidine rings is 3. The van der Waals surface area contributed by atoms with Crippen molar-refractivity contribution in [3.8, 4) is 0 Å². The summed E-state index contributed by atoms with van der Waals surface area (Å²) in [4.78, 5) is 15.4. The molecule has 1 spiro atoms. The minimum absolute atomic E-state index is 0.0655. The Labute approximate surface area is 135 Å². The Bertz CT molecular complexity index is 782. The number of hydrogen-bond acceptors (Lipinski definition) is 3. The first-order valence-electron chi connectivity index (χ1n) is 8.72. The predicted octanol–water partition coefficient (Wildman–Crippen LogP) is 3.10. The molecule has 3 aliphatic heterocycles. The number of fused-ring (bicyclic) bond motifs is 3. The number of nitrogens with zero attached hydrogens (tertiary/aromatic N) is 1. The van der Waals surface area contributed by atoms with Crippen molar-refractivity contribution in [2.75, 3.05) is 13.1 Å². The molecular formula is C19H22N2O2. The molecule has 1 atom stereocenters. The Morgan fingerprint density at radius 1 is 1.26 bits per heavy atom. The summed E-state index contributed by atoms with van der Waals surface area (Å²) in [6.07, 6.45) is 4.95. The highest BCUT2D eigenvalue weighted by atomic mass is 16.3. The topological polar surface area (TPSA) is 45.5 Å². The standard InChI is InChI=1S/C19H22N2O2/c1-12-10-15-11-14(2-3-16(15)23-12)18(22)20-17-13-4-8-21(9-5-13)19(17)6-7-19/h2-3,10-11,13,17H,4-9H2,1H3,(H,20,22). The second-order valence-corrected chi connectivity index (χ2v) is 7.49. The van der Waals surface area contributed by atoms with Gasteiger partial charge in [0.25, 0.3) is 5.91 Å². The van der Waals surface area contributed by atoms with E-state index in [4.69, 9.17) is 4.42 Å². The number of amides is 1. The molecule has 1 N–H and O–H groups in total. The van der Waals surface area contributed by atoms with Crippen LogP contribution >= 0.6 is 0 Å². The number of carbonyl (C=O) groups excluding carboxylic acids is 1. The Morgan fingerprint density at radius 2 is 2.04 bits per heavy atom. The maximum Gasteiger partial charge on any atom is 0.251 e. The van der Waals surface area contributed by atoms with E-state index in [0.29, 0.717) is 12.0 Å². The number of aryl methyl sites for hydroxylation is 1. The normalized spacial score (nSPS) is 30.7. The predicted molar refractivity (Wildman–Crippen MR) is 88.5 cm³/mol. The maximum atomic E-state index is 12.8. The van der Waals surface area contributed by atoms with E-state index in [0.717, 1.165) is 22.3 Å². The quantitative estimate of drug-likeness (QED) is 0.927. The molecule has 23 heavy (non-hydrogen) atoms. The van der Waals surface area contributed by atoms with E-state index in [1.165, 1.54) is 38.8 Å². The molecule has 1 unspecified atom stereocenters. The fourth-order valence-electron chi connectivity index (χ4n) is 4.86. The van der Waals surface area contributed by atoms with E-state index in [1.54, 1.807) is 0 Å². The van der Waals surface area contributed by atoms with E-state index in [9.17, 15) is 4.79 Å². The zero-order chi connectivity index (χ0) is 15.6. The zero-order valence-corrected chi connectivity index (χ0v) is 13.5. The van der Waals surface area contributed by atoms with Crippen LogP contribution in [-0.2, 0) is 0 Å². The van der Waals surface area contributed by atoms with Crippen molar-refractivity contribution < 1.29 is 9.21 Å². The molecule has 1 aromatic heterocycles. The molecule has 4 heterocycles. The fraction of sp³-hybridized carbons (Fsp3) is 0.526. The number of benzene rings is 1. The highest BCUT2D eigenvalue weighted by Gasteiger charge is 2.60. The van der Waals surface area contributed by atoms with E-state index < -0.39 is 0 Å². The number of nitrogens with one attached hydrogen (secondary N) is 1. The van der Waals surface area contributed by atoms with Crippen LogP contribution in [0.2, 0.25) is 0 Å². The smallest absolute Gasteiger partial charge is 0.251 e. The van der Waals surface area contributed by atoms with Gasteiger partial charge in [-0.25, -0.2) is 0 Å². The maximum absolute atomic E-state index is 12.8.